The van der Waals surface area contributed by atoms with Crippen molar-refractivity contribution in [1.82, 2.24) is 19.9 Å². The summed E-state index contributed by atoms with van der Waals surface area (Å²) in [6.45, 7) is 1.74. The summed E-state index contributed by atoms with van der Waals surface area (Å²) in [6, 6.07) is 5.16. The molecular formula is C19H13F2N5OS2. The Morgan fingerprint density at radius 2 is 1.93 bits per heavy atom. The van der Waals surface area contributed by atoms with Gasteiger partial charge in [0.15, 0.2) is 16.0 Å². The summed E-state index contributed by atoms with van der Waals surface area (Å²) in [5.74, 6) is -1.11. The van der Waals surface area contributed by atoms with E-state index in [-0.39, 0.29) is 12.3 Å². The van der Waals surface area contributed by atoms with Crippen LogP contribution in [-0.2, 0) is 6.42 Å². The molecule has 0 fully saturated rings. The number of hydrogen-bond donors (Lipinski definition) is 1. The highest BCUT2D eigenvalue weighted by atomic mass is 32.1. The van der Waals surface area contributed by atoms with Gasteiger partial charge in [-0.1, -0.05) is 6.07 Å². The largest absolute Gasteiger partial charge is 0.297 e. The van der Waals surface area contributed by atoms with E-state index < -0.39 is 11.6 Å². The Balaban J connectivity index is 1.48. The number of anilines is 1. The highest BCUT2D eigenvalue weighted by Crippen LogP contribution is 2.27. The van der Waals surface area contributed by atoms with Crippen molar-refractivity contribution in [2.75, 3.05) is 5.32 Å². The standard InChI is InChI=1S/C19H13F2N5OS2/c1-10-15(29-18(25-10)16-22-5-2-6-23-16)17(27)26-19-24-9-13(28-19)7-11-3-4-12(20)8-14(11)21/h2-6,8-9H,7H2,1H3,(H,24,26,27). The fourth-order valence-electron chi connectivity index (χ4n) is 2.57. The highest BCUT2D eigenvalue weighted by molar-refractivity contribution is 7.17. The molecule has 3 heterocycles. The molecule has 1 N–H and O–H groups in total. The summed E-state index contributed by atoms with van der Waals surface area (Å²) in [5, 5.41) is 3.68. The van der Waals surface area contributed by atoms with Crippen molar-refractivity contribution in [3.05, 3.63) is 75.5 Å². The summed E-state index contributed by atoms with van der Waals surface area (Å²) in [7, 11) is 0. The number of carbonyl (C=O) groups excluding carboxylic acids is 1. The van der Waals surface area contributed by atoms with Crippen LogP contribution in [0.15, 0.2) is 42.9 Å². The molecule has 146 valence electrons. The van der Waals surface area contributed by atoms with E-state index in [1.807, 2.05) is 0 Å². The van der Waals surface area contributed by atoms with E-state index >= 15 is 0 Å². The minimum atomic E-state index is -0.622. The molecule has 3 aromatic heterocycles. The summed E-state index contributed by atoms with van der Waals surface area (Å²) in [6.07, 6.45) is 5.04. The van der Waals surface area contributed by atoms with Crippen LogP contribution in [-0.4, -0.2) is 25.8 Å². The molecule has 29 heavy (non-hydrogen) atoms. The number of nitrogens with zero attached hydrogens (tertiary/aromatic N) is 4. The predicted octanol–water partition coefficient (Wildman–Crippen LogP) is 4.49. The van der Waals surface area contributed by atoms with Crippen LogP contribution in [0.3, 0.4) is 0 Å². The van der Waals surface area contributed by atoms with E-state index in [0.29, 0.717) is 32.1 Å². The lowest BCUT2D eigenvalue weighted by Crippen LogP contribution is -2.11. The molecule has 0 aliphatic heterocycles. The number of aryl methyl sites for hydroxylation is 1. The van der Waals surface area contributed by atoms with Crippen molar-refractivity contribution in [1.29, 1.82) is 0 Å². The molecule has 0 atom stereocenters. The van der Waals surface area contributed by atoms with Gasteiger partial charge in [-0.15, -0.1) is 22.7 Å². The minimum absolute atomic E-state index is 0.259. The van der Waals surface area contributed by atoms with Gasteiger partial charge in [-0.2, -0.15) is 0 Å². The molecule has 0 saturated carbocycles. The monoisotopic (exact) mass is 429 g/mol. The normalized spacial score (nSPS) is 10.9. The third-order valence-electron chi connectivity index (χ3n) is 3.91. The third kappa shape index (κ3) is 4.33. The molecule has 0 saturated heterocycles. The molecule has 0 unspecified atom stereocenters. The molecular weight excluding hydrogens is 416 g/mol. The van der Waals surface area contributed by atoms with Gasteiger partial charge in [0.1, 0.15) is 16.5 Å². The lowest BCUT2D eigenvalue weighted by atomic mass is 10.1. The molecule has 0 radical (unpaired) electrons. The number of amides is 1. The zero-order valence-electron chi connectivity index (χ0n) is 15.0. The van der Waals surface area contributed by atoms with E-state index in [9.17, 15) is 13.6 Å². The average Bonchev–Trinajstić information content (AvgIpc) is 3.31. The fraction of sp³-hybridized carbons (Fsp3) is 0.105. The number of hydrogen-bond acceptors (Lipinski definition) is 7. The lowest BCUT2D eigenvalue weighted by Gasteiger charge is -2.01. The maximum Gasteiger partial charge on any atom is 0.269 e. The quantitative estimate of drug-likeness (QED) is 0.506. The zero-order chi connectivity index (χ0) is 20.4. The van der Waals surface area contributed by atoms with Gasteiger partial charge in [0, 0.05) is 36.0 Å². The van der Waals surface area contributed by atoms with E-state index in [1.165, 1.54) is 34.8 Å². The number of nitrogens with one attached hydrogen (secondary N) is 1. The van der Waals surface area contributed by atoms with Crippen molar-refractivity contribution in [3.8, 4) is 10.8 Å². The summed E-state index contributed by atoms with van der Waals surface area (Å²) < 4.78 is 26.8. The Hall–Kier alpha value is -3.11. The van der Waals surface area contributed by atoms with E-state index in [2.05, 4.69) is 25.3 Å². The third-order valence-corrected chi connectivity index (χ3v) is 5.98. The van der Waals surface area contributed by atoms with Crippen LogP contribution in [0, 0.1) is 18.6 Å². The molecule has 10 heteroatoms. The number of rotatable bonds is 5. The second-order valence-corrected chi connectivity index (χ2v) is 8.12. The van der Waals surface area contributed by atoms with Crippen LogP contribution in [0.2, 0.25) is 0 Å². The maximum atomic E-state index is 13.8. The van der Waals surface area contributed by atoms with Crippen molar-refractivity contribution in [2.24, 2.45) is 0 Å². The van der Waals surface area contributed by atoms with Crippen molar-refractivity contribution in [3.63, 3.8) is 0 Å². The molecule has 0 bridgehead atoms. The van der Waals surface area contributed by atoms with Gasteiger partial charge in [-0.05, 0) is 24.6 Å². The first-order chi connectivity index (χ1) is 14.0. The Labute approximate surface area is 172 Å². The molecule has 1 amide bonds. The van der Waals surface area contributed by atoms with Crippen LogP contribution in [0.5, 0.6) is 0 Å². The second kappa shape index (κ2) is 8.10. The van der Waals surface area contributed by atoms with Gasteiger partial charge in [0.05, 0.1) is 5.69 Å². The molecule has 1 aromatic carbocycles. The maximum absolute atomic E-state index is 13.8. The van der Waals surface area contributed by atoms with E-state index in [0.717, 1.165) is 10.9 Å². The van der Waals surface area contributed by atoms with Gasteiger partial charge >= 0.3 is 0 Å². The van der Waals surface area contributed by atoms with Gasteiger partial charge < -0.3 is 0 Å². The molecule has 4 rings (SSSR count). The van der Waals surface area contributed by atoms with Gasteiger partial charge in [0.2, 0.25) is 0 Å². The molecule has 6 nitrogen and oxygen atoms in total. The average molecular weight is 429 g/mol. The molecule has 0 aliphatic rings. The lowest BCUT2D eigenvalue weighted by molar-refractivity contribution is 0.103. The summed E-state index contributed by atoms with van der Waals surface area (Å²) in [5.41, 5.74) is 0.929. The van der Waals surface area contributed by atoms with Crippen LogP contribution < -0.4 is 5.32 Å². The van der Waals surface area contributed by atoms with Crippen molar-refractivity contribution >= 4 is 33.7 Å². The molecule has 4 aromatic rings. The van der Waals surface area contributed by atoms with Crippen molar-refractivity contribution in [2.45, 2.75) is 13.3 Å². The Bertz CT molecular complexity index is 1180. The van der Waals surface area contributed by atoms with Crippen molar-refractivity contribution < 1.29 is 13.6 Å². The summed E-state index contributed by atoms with van der Waals surface area (Å²) in [4.78, 5) is 30.6. The predicted molar refractivity (Wildman–Crippen MR) is 107 cm³/mol. The number of thiazole rings is 2. The first-order valence-corrected chi connectivity index (χ1v) is 10.1. The minimum Gasteiger partial charge on any atom is -0.297 e. The van der Waals surface area contributed by atoms with E-state index in [1.54, 1.807) is 31.6 Å². The van der Waals surface area contributed by atoms with Gasteiger partial charge in [0.25, 0.3) is 5.91 Å². The number of halogens is 2. The van der Waals surface area contributed by atoms with Crippen LogP contribution in [0.4, 0.5) is 13.9 Å². The van der Waals surface area contributed by atoms with Crippen LogP contribution in [0.25, 0.3) is 10.8 Å². The van der Waals surface area contributed by atoms with Gasteiger partial charge in [-0.3, -0.25) is 10.1 Å². The number of carbonyl (C=O) groups is 1. The second-order valence-electron chi connectivity index (χ2n) is 6.00. The topological polar surface area (TPSA) is 80.7 Å². The highest BCUT2D eigenvalue weighted by Gasteiger charge is 2.19. The number of aromatic nitrogens is 4. The Kier molecular flexibility index (Phi) is 5.36. The molecule has 0 aliphatic carbocycles. The van der Waals surface area contributed by atoms with Gasteiger partial charge in [-0.25, -0.2) is 28.7 Å². The number of benzene rings is 1. The van der Waals surface area contributed by atoms with Crippen LogP contribution in [0.1, 0.15) is 25.8 Å². The fourth-order valence-corrected chi connectivity index (χ4v) is 4.31. The smallest absolute Gasteiger partial charge is 0.269 e. The first-order valence-electron chi connectivity index (χ1n) is 8.44. The first kappa shape index (κ1) is 19.2. The van der Waals surface area contributed by atoms with E-state index in [4.69, 9.17) is 0 Å². The van der Waals surface area contributed by atoms with Crippen LogP contribution >= 0.6 is 22.7 Å². The molecule has 0 spiro atoms. The Morgan fingerprint density at radius 3 is 2.69 bits per heavy atom. The SMILES string of the molecule is Cc1nc(-c2ncccn2)sc1C(=O)Nc1ncc(Cc2ccc(F)cc2F)s1. The summed E-state index contributed by atoms with van der Waals surface area (Å²) >= 11 is 2.42. The zero-order valence-corrected chi connectivity index (χ0v) is 16.7. The Morgan fingerprint density at radius 1 is 1.14 bits per heavy atom.